The van der Waals surface area contributed by atoms with E-state index in [1.165, 1.54) is 5.69 Å². The van der Waals surface area contributed by atoms with E-state index < -0.39 is 0 Å². The minimum atomic E-state index is 0. The molecule has 1 aromatic heterocycles. The second kappa shape index (κ2) is 6.87. The first-order chi connectivity index (χ1) is 5.97. The Kier molecular flexibility index (Phi) is 6.62. The highest BCUT2D eigenvalue weighted by molar-refractivity contribution is 5.85. The van der Waals surface area contributed by atoms with Crippen LogP contribution in [0.5, 0.6) is 0 Å². The molecule has 1 saturated heterocycles. The van der Waals surface area contributed by atoms with Gasteiger partial charge in [-0.3, -0.25) is 4.98 Å². The second-order valence-electron chi connectivity index (χ2n) is 2.95. The lowest BCUT2D eigenvalue weighted by Crippen LogP contribution is -2.43. The largest absolute Gasteiger partial charge is 0.368 e. The average Bonchev–Trinajstić information content (AvgIpc) is 2.21. The van der Waals surface area contributed by atoms with Gasteiger partial charge in [-0.05, 0) is 12.1 Å². The zero-order valence-corrected chi connectivity index (χ0v) is 9.48. The summed E-state index contributed by atoms with van der Waals surface area (Å²) < 4.78 is 0. The smallest absolute Gasteiger partial charge is 0.0553 e. The number of nitrogens with one attached hydrogen (secondary N) is 1. The van der Waals surface area contributed by atoms with Gasteiger partial charge in [-0.1, -0.05) is 0 Å². The minimum absolute atomic E-state index is 0. The fourth-order valence-electron chi connectivity index (χ4n) is 1.46. The Labute approximate surface area is 96.7 Å². The summed E-state index contributed by atoms with van der Waals surface area (Å²) in [5, 5.41) is 3.32. The number of halogens is 2. The maximum Gasteiger partial charge on any atom is 0.0553 e. The molecule has 1 aliphatic rings. The van der Waals surface area contributed by atoms with E-state index in [2.05, 4.69) is 21.3 Å². The monoisotopic (exact) mass is 235 g/mol. The summed E-state index contributed by atoms with van der Waals surface area (Å²) in [4.78, 5) is 6.45. The van der Waals surface area contributed by atoms with Crippen LogP contribution in [0.4, 0.5) is 5.69 Å². The molecule has 1 N–H and O–H groups in total. The summed E-state index contributed by atoms with van der Waals surface area (Å²) in [5.41, 5.74) is 1.24. The van der Waals surface area contributed by atoms with Gasteiger partial charge in [0.1, 0.15) is 0 Å². The molecule has 0 spiro atoms. The Morgan fingerprint density at radius 1 is 1.21 bits per heavy atom. The summed E-state index contributed by atoms with van der Waals surface area (Å²) in [6.45, 7) is 4.33. The number of pyridine rings is 1. The molecule has 2 heterocycles. The Morgan fingerprint density at radius 3 is 2.50 bits per heavy atom. The van der Waals surface area contributed by atoms with Gasteiger partial charge < -0.3 is 10.2 Å². The Balaban J connectivity index is 0.000000845. The number of anilines is 1. The van der Waals surface area contributed by atoms with E-state index in [0.717, 1.165) is 26.2 Å². The fourth-order valence-corrected chi connectivity index (χ4v) is 1.46. The van der Waals surface area contributed by atoms with Gasteiger partial charge in [0, 0.05) is 32.4 Å². The third-order valence-electron chi connectivity index (χ3n) is 2.13. The van der Waals surface area contributed by atoms with Crippen molar-refractivity contribution >= 4 is 30.5 Å². The molecule has 1 fully saturated rings. The van der Waals surface area contributed by atoms with Crippen molar-refractivity contribution in [1.29, 1.82) is 0 Å². The van der Waals surface area contributed by atoms with E-state index in [-0.39, 0.29) is 24.8 Å². The molecule has 0 radical (unpaired) electrons. The molecule has 0 unspecified atom stereocenters. The van der Waals surface area contributed by atoms with Crippen LogP contribution in [-0.2, 0) is 0 Å². The molecular weight excluding hydrogens is 221 g/mol. The SMILES string of the molecule is Cl.Cl.c1cncc(N2CCNCC2)c1. The summed E-state index contributed by atoms with van der Waals surface area (Å²) in [5.74, 6) is 0. The van der Waals surface area contributed by atoms with Crippen LogP contribution >= 0.6 is 24.8 Å². The number of hydrogen-bond donors (Lipinski definition) is 1. The molecule has 0 aliphatic carbocycles. The maximum absolute atomic E-state index is 4.10. The molecule has 0 atom stereocenters. The first kappa shape index (κ1) is 13.5. The van der Waals surface area contributed by atoms with E-state index in [4.69, 9.17) is 0 Å². The highest BCUT2D eigenvalue weighted by Gasteiger charge is 2.08. The molecule has 2 rings (SSSR count). The lowest BCUT2D eigenvalue weighted by molar-refractivity contribution is 0.589. The summed E-state index contributed by atoms with van der Waals surface area (Å²) in [6.07, 6.45) is 3.73. The molecule has 0 bridgehead atoms. The van der Waals surface area contributed by atoms with Gasteiger partial charge in [0.05, 0.1) is 11.9 Å². The van der Waals surface area contributed by atoms with Gasteiger partial charge >= 0.3 is 0 Å². The lowest BCUT2D eigenvalue weighted by Gasteiger charge is -2.28. The fraction of sp³-hybridized carbons (Fsp3) is 0.444. The number of piperazine rings is 1. The van der Waals surface area contributed by atoms with E-state index >= 15 is 0 Å². The van der Waals surface area contributed by atoms with Gasteiger partial charge in [0.2, 0.25) is 0 Å². The van der Waals surface area contributed by atoms with Crippen LogP contribution in [-0.4, -0.2) is 31.2 Å². The number of aromatic nitrogens is 1. The standard InChI is InChI=1S/C9H13N3.2ClH/c1-2-9(8-11-3-1)12-6-4-10-5-7-12;;/h1-3,8,10H,4-7H2;2*1H. The van der Waals surface area contributed by atoms with Crippen molar-refractivity contribution < 1.29 is 0 Å². The molecule has 14 heavy (non-hydrogen) atoms. The quantitative estimate of drug-likeness (QED) is 0.797. The van der Waals surface area contributed by atoms with Crippen LogP contribution < -0.4 is 10.2 Å². The molecule has 0 amide bonds. The first-order valence-electron chi connectivity index (χ1n) is 4.32. The summed E-state index contributed by atoms with van der Waals surface area (Å²) >= 11 is 0. The third-order valence-corrected chi connectivity index (χ3v) is 2.13. The molecule has 3 nitrogen and oxygen atoms in total. The van der Waals surface area contributed by atoms with Gasteiger partial charge in [-0.2, -0.15) is 0 Å². The Hall–Kier alpha value is -0.510. The minimum Gasteiger partial charge on any atom is -0.368 e. The van der Waals surface area contributed by atoms with Crippen molar-refractivity contribution in [3.8, 4) is 0 Å². The van der Waals surface area contributed by atoms with E-state index in [1.54, 1.807) is 0 Å². The molecule has 1 aliphatic heterocycles. The molecule has 80 valence electrons. The Bertz CT molecular complexity index is 237. The number of rotatable bonds is 1. The predicted molar refractivity (Wildman–Crippen MR) is 63.8 cm³/mol. The van der Waals surface area contributed by atoms with Crippen LogP contribution in [0.25, 0.3) is 0 Å². The zero-order chi connectivity index (χ0) is 8.23. The van der Waals surface area contributed by atoms with Gasteiger partial charge in [-0.15, -0.1) is 24.8 Å². The van der Waals surface area contributed by atoms with Crippen molar-refractivity contribution in [1.82, 2.24) is 10.3 Å². The highest BCUT2D eigenvalue weighted by atomic mass is 35.5. The zero-order valence-electron chi connectivity index (χ0n) is 7.85. The first-order valence-corrected chi connectivity index (χ1v) is 4.32. The van der Waals surface area contributed by atoms with Crippen molar-refractivity contribution in [3.63, 3.8) is 0 Å². The van der Waals surface area contributed by atoms with Gasteiger partial charge in [0.15, 0.2) is 0 Å². The normalized spacial score (nSPS) is 15.3. The van der Waals surface area contributed by atoms with Crippen molar-refractivity contribution in [2.24, 2.45) is 0 Å². The molecule has 0 saturated carbocycles. The van der Waals surface area contributed by atoms with Crippen molar-refractivity contribution in [2.45, 2.75) is 0 Å². The molecule has 0 aromatic carbocycles. The third kappa shape index (κ3) is 3.33. The van der Waals surface area contributed by atoms with Crippen LogP contribution in [0.2, 0.25) is 0 Å². The van der Waals surface area contributed by atoms with Crippen molar-refractivity contribution in [3.05, 3.63) is 24.5 Å². The molecule has 5 heteroatoms. The van der Waals surface area contributed by atoms with Crippen LogP contribution in [0, 0.1) is 0 Å². The van der Waals surface area contributed by atoms with Crippen LogP contribution in [0.15, 0.2) is 24.5 Å². The topological polar surface area (TPSA) is 28.2 Å². The Morgan fingerprint density at radius 2 is 1.93 bits per heavy atom. The van der Waals surface area contributed by atoms with E-state index in [0.29, 0.717) is 0 Å². The number of hydrogen-bond acceptors (Lipinski definition) is 3. The van der Waals surface area contributed by atoms with E-state index in [9.17, 15) is 0 Å². The highest BCUT2D eigenvalue weighted by Crippen LogP contribution is 2.11. The lowest BCUT2D eigenvalue weighted by atomic mass is 10.3. The molecular formula is C9H15Cl2N3. The van der Waals surface area contributed by atoms with Crippen LogP contribution in [0.3, 0.4) is 0 Å². The number of nitrogens with zero attached hydrogens (tertiary/aromatic N) is 2. The summed E-state index contributed by atoms with van der Waals surface area (Å²) in [6, 6.07) is 4.09. The predicted octanol–water partition coefficient (Wildman–Crippen LogP) is 1.33. The summed E-state index contributed by atoms with van der Waals surface area (Å²) in [7, 11) is 0. The van der Waals surface area contributed by atoms with E-state index in [1.807, 2.05) is 18.5 Å². The maximum atomic E-state index is 4.10. The van der Waals surface area contributed by atoms with Crippen LogP contribution in [0.1, 0.15) is 0 Å². The van der Waals surface area contributed by atoms with Crippen molar-refractivity contribution in [2.75, 3.05) is 31.1 Å². The molecule has 1 aromatic rings. The van der Waals surface area contributed by atoms with Gasteiger partial charge in [-0.25, -0.2) is 0 Å². The average molecular weight is 236 g/mol. The second-order valence-corrected chi connectivity index (χ2v) is 2.95. The van der Waals surface area contributed by atoms with Gasteiger partial charge in [0.25, 0.3) is 0 Å².